The molecule has 3 nitrogen and oxygen atoms in total. The first-order valence-corrected chi connectivity index (χ1v) is 6.10. The van der Waals surface area contributed by atoms with Gasteiger partial charge in [0.05, 0.1) is 6.10 Å². The summed E-state index contributed by atoms with van der Waals surface area (Å²) in [6.07, 6.45) is 3.94. The number of nitrogens with zero attached hydrogens (tertiary/aromatic N) is 2. The number of aryl methyl sites for hydroxylation is 1. The lowest BCUT2D eigenvalue weighted by atomic mass is 10.00. The maximum Gasteiger partial charge on any atom is 0.131 e. The fourth-order valence-electron chi connectivity index (χ4n) is 3.22. The van der Waals surface area contributed by atoms with Gasteiger partial charge in [-0.05, 0) is 37.3 Å². The zero-order valence-electron chi connectivity index (χ0n) is 9.63. The molecular formula is C13H18N2O. The van der Waals surface area contributed by atoms with E-state index in [0.717, 1.165) is 25.3 Å². The molecule has 1 aromatic heterocycles. The highest BCUT2D eigenvalue weighted by Crippen LogP contribution is 2.39. The van der Waals surface area contributed by atoms with Crippen molar-refractivity contribution < 1.29 is 5.11 Å². The Morgan fingerprint density at radius 1 is 1.38 bits per heavy atom. The van der Waals surface area contributed by atoms with Crippen LogP contribution >= 0.6 is 0 Å². The maximum absolute atomic E-state index is 9.89. The number of aliphatic hydroxyl groups excluding tert-OH is 1. The monoisotopic (exact) mass is 218 g/mol. The third kappa shape index (κ3) is 1.50. The smallest absolute Gasteiger partial charge is 0.131 e. The SMILES string of the molecule is Cc1cccnc1N1CC2CCC(O)C2C1. The molecule has 3 unspecified atom stereocenters. The molecule has 0 bridgehead atoms. The quantitative estimate of drug-likeness (QED) is 0.777. The van der Waals surface area contributed by atoms with Crippen LogP contribution in [0.3, 0.4) is 0 Å². The van der Waals surface area contributed by atoms with E-state index in [9.17, 15) is 5.11 Å². The van der Waals surface area contributed by atoms with Crippen molar-refractivity contribution in [1.29, 1.82) is 0 Å². The Morgan fingerprint density at radius 2 is 2.25 bits per heavy atom. The second-order valence-electron chi connectivity index (χ2n) is 5.12. The van der Waals surface area contributed by atoms with E-state index in [1.165, 1.54) is 12.0 Å². The van der Waals surface area contributed by atoms with E-state index in [-0.39, 0.29) is 6.10 Å². The lowest BCUT2D eigenvalue weighted by Crippen LogP contribution is -2.25. The molecule has 1 aliphatic heterocycles. The number of aromatic nitrogens is 1. The van der Waals surface area contributed by atoms with Gasteiger partial charge in [-0.2, -0.15) is 0 Å². The van der Waals surface area contributed by atoms with Crippen molar-refractivity contribution in [1.82, 2.24) is 4.98 Å². The molecule has 0 radical (unpaired) electrons. The fourth-order valence-corrected chi connectivity index (χ4v) is 3.22. The number of fused-ring (bicyclic) bond motifs is 1. The number of rotatable bonds is 1. The number of hydrogen-bond acceptors (Lipinski definition) is 3. The van der Waals surface area contributed by atoms with Crippen molar-refractivity contribution in [3.05, 3.63) is 23.9 Å². The largest absolute Gasteiger partial charge is 0.393 e. The van der Waals surface area contributed by atoms with Crippen LogP contribution in [0.15, 0.2) is 18.3 Å². The zero-order chi connectivity index (χ0) is 11.1. The van der Waals surface area contributed by atoms with Crippen molar-refractivity contribution in [2.24, 2.45) is 11.8 Å². The Morgan fingerprint density at radius 3 is 3.00 bits per heavy atom. The predicted octanol–water partition coefficient (Wildman–Crippen LogP) is 1.60. The summed E-state index contributed by atoms with van der Waals surface area (Å²) < 4.78 is 0. The lowest BCUT2D eigenvalue weighted by Gasteiger charge is -2.20. The van der Waals surface area contributed by atoms with Gasteiger partial charge in [0.25, 0.3) is 0 Å². The van der Waals surface area contributed by atoms with Gasteiger partial charge in [-0.15, -0.1) is 0 Å². The normalized spacial score (nSPS) is 33.1. The summed E-state index contributed by atoms with van der Waals surface area (Å²) in [6.45, 7) is 4.15. The molecule has 2 aliphatic rings. The summed E-state index contributed by atoms with van der Waals surface area (Å²) in [4.78, 5) is 6.80. The van der Waals surface area contributed by atoms with Crippen LogP contribution in [-0.4, -0.2) is 29.3 Å². The number of aliphatic hydroxyl groups is 1. The summed E-state index contributed by atoms with van der Waals surface area (Å²) in [5.74, 6) is 2.25. The molecule has 1 N–H and O–H groups in total. The van der Waals surface area contributed by atoms with Crippen molar-refractivity contribution >= 4 is 5.82 Å². The van der Waals surface area contributed by atoms with E-state index in [1.807, 2.05) is 12.3 Å². The minimum atomic E-state index is -0.0842. The van der Waals surface area contributed by atoms with Crippen LogP contribution in [0.1, 0.15) is 18.4 Å². The van der Waals surface area contributed by atoms with E-state index in [4.69, 9.17) is 0 Å². The summed E-state index contributed by atoms with van der Waals surface area (Å²) in [5, 5.41) is 9.89. The van der Waals surface area contributed by atoms with Gasteiger partial charge in [0, 0.05) is 25.2 Å². The topological polar surface area (TPSA) is 36.4 Å². The zero-order valence-corrected chi connectivity index (χ0v) is 9.63. The number of anilines is 1. The molecule has 0 spiro atoms. The van der Waals surface area contributed by atoms with Gasteiger partial charge in [-0.1, -0.05) is 6.07 Å². The van der Waals surface area contributed by atoms with E-state index < -0.39 is 0 Å². The van der Waals surface area contributed by atoms with E-state index in [1.54, 1.807) is 0 Å². The van der Waals surface area contributed by atoms with Crippen molar-refractivity contribution in [2.75, 3.05) is 18.0 Å². The van der Waals surface area contributed by atoms with Crippen LogP contribution in [0.25, 0.3) is 0 Å². The Labute approximate surface area is 96.1 Å². The molecule has 0 amide bonds. The molecule has 3 heteroatoms. The Kier molecular flexibility index (Phi) is 2.36. The standard InChI is InChI=1S/C13H18N2O/c1-9-3-2-6-14-13(9)15-7-10-4-5-12(16)11(10)8-15/h2-3,6,10-12,16H,4-5,7-8H2,1H3. The Balaban J connectivity index is 1.82. The van der Waals surface area contributed by atoms with Crippen LogP contribution in [0.2, 0.25) is 0 Å². The maximum atomic E-state index is 9.89. The molecule has 2 heterocycles. The molecule has 1 saturated carbocycles. The number of hydrogen-bond donors (Lipinski definition) is 1. The van der Waals surface area contributed by atoms with Crippen LogP contribution in [0, 0.1) is 18.8 Å². The van der Waals surface area contributed by atoms with Gasteiger partial charge in [0.2, 0.25) is 0 Å². The third-order valence-corrected chi connectivity index (χ3v) is 4.10. The van der Waals surface area contributed by atoms with E-state index in [0.29, 0.717) is 11.8 Å². The van der Waals surface area contributed by atoms with Crippen LogP contribution in [0.4, 0.5) is 5.82 Å². The molecule has 2 fully saturated rings. The van der Waals surface area contributed by atoms with Crippen molar-refractivity contribution in [2.45, 2.75) is 25.9 Å². The van der Waals surface area contributed by atoms with Gasteiger partial charge < -0.3 is 10.0 Å². The molecule has 3 rings (SSSR count). The number of pyridine rings is 1. The first kappa shape index (κ1) is 10.1. The van der Waals surface area contributed by atoms with Crippen LogP contribution in [0.5, 0.6) is 0 Å². The second-order valence-corrected chi connectivity index (χ2v) is 5.12. The van der Waals surface area contributed by atoms with Gasteiger partial charge in [-0.3, -0.25) is 0 Å². The van der Waals surface area contributed by atoms with Crippen molar-refractivity contribution in [3.63, 3.8) is 0 Å². The molecule has 0 aromatic carbocycles. The lowest BCUT2D eigenvalue weighted by molar-refractivity contribution is 0.133. The minimum Gasteiger partial charge on any atom is -0.393 e. The molecule has 86 valence electrons. The molecule has 1 aromatic rings. The highest BCUT2D eigenvalue weighted by atomic mass is 16.3. The Bertz CT molecular complexity index is 393. The molecule has 3 atom stereocenters. The highest BCUT2D eigenvalue weighted by Gasteiger charge is 2.42. The summed E-state index contributed by atoms with van der Waals surface area (Å²) in [7, 11) is 0. The van der Waals surface area contributed by atoms with E-state index >= 15 is 0 Å². The molecular weight excluding hydrogens is 200 g/mol. The van der Waals surface area contributed by atoms with Crippen LogP contribution < -0.4 is 4.90 Å². The molecule has 1 aliphatic carbocycles. The molecule has 1 saturated heterocycles. The summed E-state index contributed by atoms with van der Waals surface area (Å²) in [6, 6.07) is 4.08. The molecule has 16 heavy (non-hydrogen) atoms. The third-order valence-electron chi connectivity index (χ3n) is 4.10. The second kappa shape index (κ2) is 3.74. The summed E-state index contributed by atoms with van der Waals surface area (Å²) in [5.41, 5.74) is 1.23. The minimum absolute atomic E-state index is 0.0842. The van der Waals surface area contributed by atoms with Gasteiger partial charge in [0.15, 0.2) is 0 Å². The van der Waals surface area contributed by atoms with Gasteiger partial charge in [0.1, 0.15) is 5.82 Å². The van der Waals surface area contributed by atoms with E-state index in [2.05, 4.69) is 22.9 Å². The average Bonchev–Trinajstić information content (AvgIpc) is 2.82. The summed E-state index contributed by atoms with van der Waals surface area (Å²) >= 11 is 0. The van der Waals surface area contributed by atoms with Crippen molar-refractivity contribution in [3.8, 4) is 0 Å². The average molecular weight is 218 g/mol. The van der Waals surface area contributed by atoms with Gasteiger partial charge >= 0.3 is 0 Å². The Hall–Kier alpha value is -1.09. The predicted molar refractivity (Wildman–Crippen MR) is 63.4 cm³/mol. The highest BCUT2D eigenvalue weighted by molar-refractivity contribution is 5.47. The fraction of sp³-hybridized carbons (Fsp3) is 0.615. The first-order valence-electron chi connectivity index (χ1n) is 6.10. The van der Waals surface area contributed by atoms with Crippen LogP contribution in [-0.2, 0) is 0 Å². The first-order chi connectivity index (χ1) is 7.75. The van der Waals surface area contributed by atoms with Gasteiger partial charge in [-0.25, -0.2) is 4.98 Å².